The largest absolute Gasteiger partial charge is 0.494 e. The second-order valence-corrected chi connectivity index (χ2v) is 10.3. The molecule has 0 saturated carbocycles. The summed E-state index contributed by atoms with van der Waals surface area (Å²) in [4.78, 5) is 27.5. The van der Waals surface area contributed by atoms with Crippen LogP contribution in [-0.2, 0) is 26.2 Å². The first-order chi connectivity index (χ1) is 16.6. The lowest BCUT2D eigenvalue weighted by Crippen LogP contribution is -2.48. The molecule has 2 aromatic carbocycles. The van der Waals surface area contributed by atoms with Gasteiger partial charge in [-0.05, 0) is 62.1 Å². The number of carbonyl (C=O) groups excluding carboxylic acids is 2. The molecule has 0 aromatic heterocycles. The Morgan fingerprint density at radius 2 is 1.71 bits per heavy atom. The summed E-state index contributed by atoms with van der Waals surface area (Å²) in [7, 11) is -1.99. The number of benzene rings is 2. The molecule has 35 heavy (non-hydrogen) atoms. The van der Waals surface area contributed by atoms with Crippen molar-refractivity contribution in [3.63, 3.8) is 0 Å². The monoisotopic (exact) mass is 503 g/mol. The normalized spacial score (nSPS) is 12.0. The number of hydrogen-bond acceptors (Lipinski definition) is 5. The van der Waals surface area contributed by atoms with Crippen LogP contribution in [0.25, 0.3) is 0 Å². The molecule has 192 valence electrons. The second-order valence-electron chi connectivity index (χ2n) is 8.35. The fourth-order valence-electron chi connectivity index (χ4n) is 3.94. The zero-order valence-electron chi connectivity index (χ0n) is 21.3. The van der Waals surface area contributed by atoms with Crippen molar-refractivity contribution in [2.75, 3.05) is 30.8 Å². The van der Waals surface area contributed by atoms with Gasteiger partial charge in [-0.15, -0.1) is 0 Å². The maximum atomic E-state index is 13.3. The summed E-state index contributed by atoms with van der Waals surface area (Å²) in [5.74, 6) is 0.247. The molecule has 0 aliphatic heterocycles. The molecule has 0 fully saturated rings. The standard InChI is InChI=1S/C26H37N3O5S/c1-6-24(26(31)27-4)28(19-21-12-9-8-11-20(21)3)25(30)13-10-18-29(35(5,32)33)22-14-16-23(17-15-22)34-7-2/h8-9,11-12,14-17,24H,6-7,10,13,18-19H2,1-5H3,(H,27,31)/t24-/m1/s1. The maximum absolute atomic E-state index is 13.3. The lowest BCUT2D eigenvalue weighted by Gasteiger charge is -2.31. The molecule has 9 heteroatoms. The van der Waals surface area contributed by atoms with Gasteiger partial charge < -0.3 is 15.0 Å². The van der Waals surface area contributed by atoms with Crippen molar-refractivity contribution in [1.29, 1.82) is 0 Å². The van der Waals surface area contributed by atoms with Gasteiger partial charge in [0.15, 0.2) is 0 Å². The molecule has 2 amide bonds. The third-order valence-electron chi connectivity index (χ3n) is 5.82. The van der Waals surface area contributed by atoms with E-state index in [4.69, 9.17) is 4.74 Å². The third-order valence-corrected chi connectivity index (χ3v) is 7.02. The summed E-state index contributed by atoms with van der Waals surface area (Å²) in [5.41, 5.74) is 2.52. The number of rotatable bonds is 13. The van der Waals surface area contributed by atoms with Crippen LogP contribution in [0, 0.1) is 6.92 Å². The molecule has 0 saturated heterocycles. The Morgan fingerprint density at radius 1 is 1.06 bits per heavy atom. The van der Waals surface area contributed by atoms with Crippen molar-refractivity contribution >= 4 is 27.5 Å². The van der Waals surface area contributed by atoms with E-state index in [1.807, 2.05) is 45.0 Å². The Morgan fingerprint density at radius 3 is 2.26 bits per heavy atom. The molecule has 0 bridgehead atoms. The van der Waals surface area contributed by atoms with Crippen LogP contribution in [0.1, 0.15) is 44.2 Å². The smallest absolute Gasteiger partial charge is 0.242 e. The number of carbonyl (C=O) groups is 2. The summed E-state index contributed by atoms with van der Waals surface area (Å²) in [6.45, 7) is 6.70. The molecule has 0 heterocycles. The number of likely N-dealkylation sites (N-methyl/N-ethyl adjacent to an activating group) is 1. The van der Waals surface area contributed by atoms with E-state index < -0.39 is 16.1 Å². The van der Waals surface area contributed by atoms with Crippen molar-refractivity contribution in [2.24, 2.45) is 0 Å². The van der Waals surface area contributed by atoms with Crippen LogP contribution in [0.3, 0.4) is 0 Å². The molecular weight excluding hydrogens is 466 g/mol. The van der Waals surface area contributed by atoms with Crippen LogP contribution >= 0.6 is 0 Å². The molecular formula is C26H37N3O5S. The van der Waals surface area contributed by atoms with Crippen molar-refractivity contribution in [3.05, 3.63) is 59.7 Å². The van der Waals surface area contributed by atoms with Gasteiger partial charge in [0.1, 0.15) is 11.8 Å². The van der Waals surface area contributed by atoms with Crippen LogP contribution in [0.2, 0.25) is 0 Å². The van der Waals surface area contributed by atoms with Gasteiger partial charge in [-0.25, -0.2) is 8.42 Å². The molecule has 1 atom stereocenters. The highest BCUT2D eigenvalue weighted by molar-refractivity contribution is 7.92. The number of hydrogen-bond donors (Lipinski definition) is 1. The SMILES string of the molecule is CCOc1ccc(N(CCCC(=O)N(Cc2ccccc2C)[C@H](CC)C(=O)NC)S(C)(=O)=O)cc1. The van der Waals surface area contributed by atoms with Gasteiger partial charge in [0.25, 0.3) is 0 Å². The molecule has 0 spiro atoms. The average Bonchev–Trinajstić information content (AvgIpc) is 2.82. The number of nitrogens with one attached hydrogen (secondary N) is 1. The van der Waals surface area contributed by atoms with Gasteiger partial charge in [0, 0.05) is 26.6 Å². The summed E-state index contributed by atoms with van der Waals surface area (Å²) in [6.07, 6.45) is 2.05. The Hall–Kier alpha value is -3.07. The summed E-state index contributed by atoms with van der Waals surface area (Å²) >= 11 is 0. The van der Waals surface area contributed by atoms with Crippen LogP contribution in [0.4, 0.5) is 5.69 Å². The maximum Gasteiger partial charge on any atom is 0.242 e. The van der Waals surface area contributed by atoms with Gasteiger partial charge in [0.05, 0.1) is 18.6 Å². The van der Waals surface area contributed by atoms with E-state index in [-0.39, 0.29) is 24.8 Å². The van der Waals surface area contributed by atoms with Crippen molar-refractivity contribution in [3.8, 4) is 5.75 Å². The van der Waals surface area contributed by atoms with E-state index in [1.165, 1.54) is 4.31 Å². The first-order valence-corrected chi connectivity index (χ1v) is 13.7. The zero-order chi connectivity index (χ0) is 26.0. The van der Waals surface area contributed by atoms with Gasteiger partial charge >= 0.3 is 0 Å². The number of sulfonamides is 1. The highest BCUT2D eigenvalue weighted by Crippen LogP contribution is 2.23. The van der Waals surface area contributed by atoms with Crippen LogP contribution in [0.15, 0.2) is 48.5 Å². The third kappa shape index (κ3) is 7.99. The van der Waals surface area contributed by atoms with Gasteiger partial charge in [-0.2, -0.15) is 0 Å². The number of nitrogens with zero attached hydrogens (tertiary/aromatic N) is 2. The fraction of sp³-hybridized carbons (Fsp3) is 0.462. The topological polar surface area (TPSA) is 96.0 Å². The van der Waals surface area contributed by atoms with E-state index in [1.54, 1.807) is 36.2 Å². The van der Waals surface area contributed by atoms with Gasteiger partial charge in [-0.1, -0.05) is 31.2 Å². The molecule has 0 aliphatic carbocycles. The quantitative estimate of drug-likeness (QED) is 0.451. The minimum atomic E-state index is -3.55. The van der Waals surface area contributed by atoms with Crippen LogP contribution in [0.5, 0.6) is 5.75 Å². The van der Waals surface area contributed by atoms with Crippen molar-refractivity contribution in [2.45, 2.75) is 52.6 Å². The lowest BCUT2D eigenvalue weighted by molar-refractivity contribution is -0.141. The molecule has 8 nitrogen and oxygen atoms in total. The van der Waals surface area contributed by atoms with Crippen molar-refractivity contribution < 1.29 is 22.7 Å². The summed E-state index contributed by atoms with van der Waals surface area (Å²) in [6, 6.07) is 14.0. The lowest BCUT2D eigenvalue weighted by atomic mass is 10.1. The molecule has 2 rings (SSSR count). The Balaban J connectivity index is 2.18. The van der Waals surface area contributed by atoms with Gasteiger partial charge in [0.2, 0.25) is 21.8 Å². The predicted molar refractivity (Wildman–Crippen MR) is 139 cm³/mol. The molecule has 0 radical (unpaired) electrons. The molecule has 0 unspecified atom stereocenters. The predicted octanol–water partition coefficient (Wildman–Crippen LogP) is 3.49. The van der Waals surface area contributed by atoms with E-state index >= 15 is 0 Å². The Bertz CT molecular complexity index is 1090. The first kappa shape index (κ1) is 28.2. The average molecular weight is 504 g/mol. The van der Waals surface area contributed by atoms with Gasteiger partial charge in [-0.3, -0.25) is 13.9 Å². The number of aryl methyl sites for hydroxylation is 1. The minimum Gasteiger partial charge on any atom is -0.494 e. The van der Waals surface area contributed by atoms with E-state index in [2.05, 4.69) is 5.32 Å². The number of anilines is 1. The van der Waals surface area contributed by atoms with Crippen molar-refractivity contribution in [1.82, 2.24) is 10.2 Å². The van der Waals surface area contributed by atoms with E-state index in [9.17, 15) is 18.0 Å². The highest BCUT2D eigenvalue weighted by Gasteiger charge is 2.28. The van der Waals surface area contributed by atoms with Crippen LogP contribution in [-0.4, -0.2) is 57.6 Å². The van der Waals surface area contributed by atoms with Crippen LogP contribution < -0.4 is 14.4 Å². The van der Waals surface area contributed by atoms with E-state index in [0.717, 1.165) is 17.4 Å². The summed E-state index contributed by atoms with van der Waals surface area (Å²) in [5, 5.41) is 2.65. The highest BCUT2D eigenvalue weighted by atomic mass is 32.2. The summed E-state index contributed by atoms with van der Waals surface area (Å²) < 4.78 is 31.6. The minimum absolute atomic E-state index is 0.114. The Kier molecular flexibility index (Phi) is 10.6. The first-order valence-electron chi connectivity index (χ1n) is 11.9. The zero-order valence-corrected chi connectivity index (χ0v) is 22.1. The fourth-order valence-corrected chi connectivity index (χ4v) is 4.90. The number of ether oxygens (including phenoxy) is 1. The Labute approximate surface area is 209 Å². The molecule has 1 N–H and O–H groups in total. The number of amides is 2. The second kappa shape index (κ2) is 13.1. The molecule has 2 aromatic rings. The molecule has 0 aliphatic rings. The van der Waals surface area contributed by atoms with E-state index in [0.29, 0.717) is 37.4 Å².